The van der Waals surface area contributed by atoms with E-state index < -0.39 is 35.5 Å². The second kappa shape index (κ2) is 7.55. The first-order chi connectivity index (χ1) is 12.2. The Labute approximate surface area is 153 Å². The van der Waals surface area contributed by atoms with Crippen LogP contribution in [0.1, 0.15) is 49.5 Å². The molecule has 7 heteroatoms. The third-order valence-corrected chi connectivity index (χ3v) is 4.74. The fourth-order valence-electron chi connectivity index (χ4n) is 3.43. The fourth-order valence-corrected chi connectivity index (χ4v) is 3.43. The van der Waals surface area contributed by atoms with Gasteiger partial charge in [-0.15, -0.1) is 0 Å². The van der Waals surface area contributed by atoms with Gasteiger partial charge in [0.1, 0.15) is 0 Å². The van der Waals surface area contributed by atoms with Gasteiger partial charge in [0, 0.05) is 11.1 Å². The van der Waals surface area contributed by atoms with Crippen molar-refractivity contribution in [2.24, 2.45) is 11.7 Å². The minimum Gasteiger partial charge on any atom is -0.467 e. The first-order valence-electron chi connectivity index (χ1n) is 8.71. The maximum Gasteiger partial charge on any atom is 0.336 e. The zero-order valence-electron chi connectivity index (χ0n) is 15.6. The molecular formula is C19H26N2O5. The van der Waals surface area contributed by atoms with Crippen LogP contribution in [0.5, 0.6) is 0 Å². The molecule has 1 aromatic carbocycles. The minimum atomic E-state index is -1.78. The number of aliphatic hydroxyl groups is 1. The maximum atomic E-state index is 12.9. The average molecular weight is 362 g/mol. The Morgan fingerprint density at radius 2 is 1.92 bits per heavy atom. The van der Waals surface area contributed by atoms with Crippen molar-refractivity contribution in [1.82, 2.24) is 4.90 Å². The van der Waals surface area contributed by atoms with Gasteiger partial charge in [-0.25, -0.2) is 4.79 Å². The first-order valence-corrected chi connectivity index (χ1v) is 8.71. The molecule has 0 radical (unpaired) electrons. The molecule has 142 valence electrons. The summed E-state index contributed by atoms with van der Waals surface area (Å²) >= 11 is 0. The van der Waals surface area contributed by atoms with Crippen LogP contribution < -0.4 is 5.73 Å². The molecule has 7 nitrogen and oxygen atoms in total. The van der Waals surface area contributed by atoms with Gasteiger partial charge in [0.15, 0.2) is 17.6 Å². The number of carbonyl (C=O) groups excluding carboxylic acids is 3. The van der Waals surface area contributed by atoms with Gasteiger partial charge < -0.3 is 15.6 Å². The summed E-state index contributed by atoms with van der Waals surface area (Å²) < 4.78 is 4.77. The molecule has 26 heavy (non-hydrogen) atoms. The van der Waals surface area contributed by atoms with Crippen LogP contribution in [0.25, 0.3) is 0 Å². The van der Waals surface area contributed by atoms with Crippen molar-refractivity contribution in [2.75, 3.05) is 7.11 Å². The molecule has 1 unspecified atom stereocenters. The number of Topliss-reactive ketones (excluding diaryl/α,β-unsaturated/α-hetero) is 1. The highest BCUT2D eigenvalue weighted by Crippen LogP contribution is 2.41. The molecule has 3 N–H and O–H groups in total. The van der Waals surface area contributed by atoms with Crippen LogP contribution >= 0.6 is 0 Å². The van der Waals surface area contributed by atoms with Crippen LogP contribution in [-0.2, 0) is 20.1 Å². The number of esters is 1. The molecule has 0 spiro atoms. The molecular weight excluding hydrogens is 336 g/mol. The third-order valence-electron chi connectivity index (χ3n) is 4.74. The summed E-state index contributed by atoms with van der Waals surface area (Å²) in [6.45, 7) is 5.48. The Morgan fingerprint density at radius 3 is 2.46 bits per heavy atom. The van der Waals surface area contributed by atoms with E-state index in [-0.39, 0.29) is 17.9 Å². The van der Waals surface area contributed by atoms with E-state index in [1.165, 1.54) is 0 Å². The minimum absolute atomic E-state index is 0.107. The summed E-state index contributed by atoms with van der Waals surface area (Å²) in [7, 11) is 1.13. The molecule has 0 aliphatic carbocycles. The number of nitrogens with zero attached hydrogens (tertiary/aromatic N) is 1. The molecule has 0 bridgehead atoms. The second-order valence-electron chi connectivity index (χ2n) is 6.96. The Balaban J connectivity index is 2.53. The Morgan fingerprint density at radius 1 is 1.31 bits per heavy atom. The van der Waals surface area contributed by atoms with Gasteiger partial charge in [0.05, 0.1) is 13.2 Å². The number of hydrogen-bond donors (Lipinski definition) is 2. The number of methoxy groups -OCH3 is 1. The lowest BCUT2D eigenvalue weighted by Crippen LogP contribution is -2.59. The smallest absolute Gasteiger partial charge is 0.336 e. The van der Waals surface area contributed by atoms with Crippen molar-refractivity contribution in [2.45, 2.75) is 51.4 Å². The molecule has 1 heterocycles. The van der Waals surface area contributed by atoms with Crippen LogP contribution in [-0.4, -0.2) is 46.9 Å². The number of ketones is 1. The van der Waals surface area contributed by atoms with E-state index >= 15 is 0 Å². The van der Waals surface area contributed by atoms with Crippen molar-refractivity contribution >= 4 is 17.7 Å². The van der Waals surface area contributed by atoms with Crippen molar-refractivity contribution < 1.29 is 24.2 Å². The predicted octanol–water partition coefficient (Wildman–Crippen LogP) is 1.18. The largest absolute Gasteiger partial charge is 0.467 e. The molecule has 0 aromatic heterocycles. The lowest BCUT2D eigenvalue weighted by Gasteiger charge is -2.38. The SMILES string of the molecule is CCC1(O)c2ccccc2C(=O)N1[C@H](C(=O)OC)C(=O)[C@@H](N)CC(C)C. The van der Waals surface area contributed by atoms with E-state index in [9.17, 15) is 19.5 Å². The van der Waals surface area contributed by atoms with Gasteiger partial charge in [-0.1, -0.05) is 39.0 Å². The van der Waals surface area contributed by atoms with E-state index in [0.717, 1.165) is 12.0 Å². The summed E-state index contributed by atoms with van der Waals surface area (Å²) in [5.74, 6) is -2.02. The van der Waals surface area contributed by atoms with Crippen LogP contribution in [0.4, 0.5) is 0 Å². The van der Waals surface area contributed by atoms with Gasteiger partial charge in [0.25, 0.3) is 5.91 Å². The molecule has 1 amide bonds. The normalized spacial score (nSPS) is 21.5. The Hall–Kier alpha value is -2.25. The summed E-state index contributed by atoms with van der Waals surface area (Å²) in [6.07, 6.45) is 0.460. The number of carbonyl (C=O) groups is 3. The topological polar surface area (TPSA) is 110 Å². The fraction of sp³-hybridized carbons (Fsp3) is 0.526. The zero-order valence-corrected chi connectivity index (χ0v) is 15.6. The highest BCUT2D eigenvalue weighted by molar-refractivity contribution is 6.11. The van der Waals surface area contributed by atoms with Crippen LogP contribution in [0.2, 0.25) is 0 Å². The molecule has 0 saturated heterocycles. The zero-order chi connectivity index (χ0) is 19.6. The molecule has 0 fully saturated rings. The van der Waals surface area contributed by atoms with Crippen molar-refractivity contribution in [3.05, 3.63) is 35.4 Å². The quantitative estimate of drug-likeness (QED) is 0.557. The summed E-state index contributed by atoms with van der Waals surface area (Å²) in [5.41, 5.74) is 4.83. The number of ether oxygens (including phenoxy) is 1. The Bertz CT molecular complexity index is 718. The number of benzene rings is 1. The first kappa shape index (κ1) is 20.1. The lowest BCUT2D eigenvalue weighted by molar-refractivity contribution is -0.165. The van der Waals surface area contributed by atoms with E-state index in [1.54, 1.807) is 31.2 Å². The highest BCUT2D eigenvalue weighted by Gasteiger charge is 2.54. The second-order valence-corrected chi connectivity index (χ2v) is 6.96. The van der Waals surface area contributed by atoms with E-state index in [4.69, 9.17) is 10.5 Å². The number of amides is 1. The lowest BCUT2D eigenvalue weighted by atomic mass is 9.94. The number of nitrogens with two attached hydrogens (primary N) is 1. The number of hydrogen-bond acceptors (Lipinski definition) is 6. The van der Waals surface area contributed by atoms with Crippen LogP contribution in [0.3, 0.4) is 0 Å². The summed E-state index contributed by atoms with van der Waals surface area (Å²) in [4.78, 5) is 39.2. The molecule has 1 aliphatic rings. The van der Waals surface area contributed by atoms with E-state index in [2.05, 4.69) is 0 Å². The van der Waals surface area contributed by atoms with Crippen molar-refractivity contribution in [3.8, 4) is 0 Å². The number of fused-ring (bicyclic) bond motifs is 1. The standard InChI is InChI=1S/C19H26N2O5/c1-5-19(25)13-9-7-6-8-12(13)17(23)21(19)15(18(24)26-4)16(22)14(20)10-11(2)3/h6-9,11,14-15,25H,5,10,20H2,1-4H3/t14-,15-,19?/m0/s1. The third kappa shape index (κ3) is 3.24. The van der Waals surface area contributed by atoms with E-state index in [0.29, 0.717) is 12.0 Å². The molecule has 3 atom stereocenters. The molecule has 1 aromatic rings. The molecule has 2 rings (SSSR count). The van der Waals surface area contributed by atoms with Gasteiger partial charge >= 0.3 is 5.97 Å². The van der Waals surface area contributed by atoms with Crippen molar-refractivity contribution in [1.29, 1.82) is 0 Å². The van der Waals surface area contributed by atoms with Gasteiger partial charge in [-0.3, -0.25) is 14.5 Å². The predicted molar refractivity (Wildman–Crippen MR) is 95.0 cm³/mol. The average Bonchev–Trinajstić information content (AvgIpc) is 2.84. The number of rotatable bonds is 7. The van der Waals surface area contributed by atoms with Gasteiger partial charge in [0.2, 0.25) is 0 Å². The highest BCUT2D eigenvalue weighted by atomic mass is 16.5. The van der Waals surface area contributed by atoms with Crippen LogP contribution in [0.15, 0.2) is 24.3 Å². The Kier molecular flexibility index (Phi) is 5.83. The summed E-state index contributed by atoms with van der Waals surface area (Å²) in [6, 6.07) is 3.98. The van der Waals surface area contributed by atoms with Gasteiger partial charge in [-0.2, -0.15) is 0 Å². The van der Waals surface area contributed by atoms with Crippen molar-refractivity contribution in [3.63, 3.8) is 0 Å². The monoisotopic (exact) mass is 362 g/mol. The van der Waals surface area contributed by atoms with E-state index in [1.807, 2.05) is 13.8 Å². The molecule has 0 saturated carbocycles. The van der Waals surface area contributed by atoms with Gasteiger partial charge in [-0.05, 0) is 24.8 Å². The molecule has 1 aliphatic heterocycles. The summed E-state index contributed by atoms with van der Waals surface area (Å²) in [5, 5.41) is 11.2. The maximum absolute atomic E-state index is 12.9. The van der Waals surface area contributed by atoms with Crippen LogP contribution in [0, 0.1) is 5.92 Å².